The second kappa shape index (κ2) is 12.8. The highest BCUT2D eigenvalue weighted by atomic mass is 19.4. The topological polar surface area (TPSA) is 57.4 Å². The number of alkyl halides is 3. The fourth-order valence-corrected chi connectivity index (χ4v) is 8.29. The fraction of sp³-hybridized carbons (Fsp3) is 0.102. The lowest BCUT2D eigenvalue weighted by atomic mass is 9.91. The van der Waals surface area contributed by atoms with Crippen molar-refractivity contribution in [3.8, 4) is 45.8 Å². The molecule has 0 aliphatic carbocycles. The van der Waals surface area contributed by atoms with Crippen molar-refractivity contribution >= 4 is 43.6 Å². The zero-order valence-corrected chi connectivity index (χ0v) is 31.0. The predicted molar refractivity (Wildman–Crippen MR) is 219 cm³/mol. The van der Waals surface area contributed by atoms with E-state index in [-0.39, 0.29) is 5.56 Å². The van der Waals surface area contributed by atoms with Gasteiger partial charge in [0.2, 0.25) is 0 Å². The lowest BCUT2D eigenvalue weighted by molar-refractivity contribution is -0.137. The Labute approximate surface area is 321 Å². The van der Waals surface area contributed by atoms with E-state index in [0.717, 1.165) is 89.4 Å². The van der Waals surface area contributed by atoms with E-state index in [1.807, 2.05) is 36.4 Å². The van der Waals surface area contributed by atoms with E-state index in [4.69, 9.17) is 0 Å². The second-order valence-corrected chi connectivity index (χ2v) is 14.7. The number of fused-ring (bicyclic) bond motifs is 6. The Morgan fingerprint density at radius 2 is 0.946 bits per heavy atom. The number of halogens is 3. The molecule has 0 saturated carbocycles. The molecule has 0 N–H and O–H groups in total. The van der Waals surface area contributed by atoms with Crippen molar-refractivity contribution < 1.29 is 13.2 Å². The van der Waals surface area contributed by atoms with Crippen molar-refractivity contribution in [2.45, 2.75) is 33.9 Å². The third kappa shape index (κ3) is 5.43. The molecule has 9 rings (SSSR count). The van der Waals surface area contributed by atoms with Crippen LogP contribution in [0.25, 0.3) is 77.2 Å². The van der Waals surface area contributed by atoms with Gasteiger partial charge in [0.1, 0.15) is 0 Å². The van der Waals surface area contributed by atoms with Crippen molar-refractivity contribution in [3.63, 3.8) is 0 Å². The number of hydrogen-bond donors (Lipinski definition) is 0. The van der Waals surface area contributed by atoms with Gasteiger partial charge >= 0.3 is 6.18 Å². The maximum absolute atomic E-state index is 13.8. The van der Waals surface area contributed by atoms with Crippen LogP contribution in [0.1, 0.15) is 38.9 Å². The first-order valence-corrected chi connectivity index (χ1v) is 18.3. The summed E-state index contributed by atoms with van der Waals surface area (Å²) in [5, 5.41) is 25.4. The van der Waals surface area contributed by atoms with E-state index in [1.54, 1.807) is 6.07 Å². The Kier molecular flexibility index (Phi) is 7.90. The van der Waals surface area contributed by atoms with Gasteiger partial charge in [0.15, 0.2) is 0 Å². The molecule has 7 heteroatoms. The summed E-state index contributed by atoms with van der Waals surface area (Å²) in [5.41, 5.74) is 11.6. The van der Waals surface area contributed by atoms with Crippen LogP contribution in [0.15, 0.2) is 127 Å². The third-order valence-electron chi connectivity index (χ3n) is 10.8. The molecule has 0 amide bonds. The molecule has 2 heterocycles. The van der Waals surface area contributed by atoms with Gasteiger partial charge in [-0.15, -0.1) is 0 Å². The number of aromatic nitrogens is 2. The highest BCUT2D eigenvalue weighted by Crippen LogP contribution is 2.44. The zero-order valence-electron chi connectivity index (χ0n) is 31.0. The Morgan fingerprint density at radius 1 is 0.464 bits per heavy atom. The zero-order chi connectivity index (χ0) is 39.0. The summed E-state index contributed by atoms with van der Waals surface area (Å²) in [6, 6.07) is 44.7. The predicted octanol–water partition coefficient (Wildman–Crippen LogP) is 13.2. The van der Waals surface area contributed by atoms with Crippen LogP contribution < -0.4 is 0 Å². The summed E-state index contributed by atoms with van der Waals surface area (Å²) in [4.78, 5) is 0. The number of rotatable bonds is 4. The Bertz CT molecular complexity index is 3080. The van der Waals surface area contributed by atoms with Crippen LogP contribution in [0.2, 0.25) is 0 Å². The van der Waals surface area contributed by atoms with Gasteiger partial charge < -0.3 is 9.13 Å². The summed E-state index contributed by atoms with van der Waals surface area (Å²) < 4.78 is 45.9. The molecule has 0 radical (unpaired) electrons. The molecule has 0 unspecified atom stereocenters. The molecule has 7 aromatic carbocycles. The molecule has 0 saturated heterocycles. The summed E-state index contributed by atoms with van der Waals surface area (Å²) in [6.45, 7) is 8.28. The molecular weight excluding hydrogens is 702 g/mol. The molecule has 0 bridgehead atoms. The van der Waals surface area contributed by atoms with Crippen LogP contribution >= 0.6 is 0 Å². The molecule has 0 aliphatic rings. The van der Waals surface area contributed by atoms with E-state index < -0.39 is 11.7 Å². The third-order valence-corrected chi connectivity index (χ3v) is 10.8. The average Bonchev–Trinajstić information content (AvgIpc) is 3.67. The first-order chi connectivity index (χ1) is 26.9. The second-order valence-electron chi connectivity index (χ2n) is 14.7. The molecule has 0 fully saturated rings. The van der Waals surface area contributed by atoms with Gasteiger partial charge in [-0.1, -0.05) is 64.7 Å². The Balaban J connectivity index is 1.44. The van der Waals surface area contributed by atoms with Crippen LogP contribution in [0.4, 0.5) is 13.2 Å². The Morgan fingerprint density at radius 3 is 1.41 bits per heavy atom. The van der Waals surface area contributed by atoms with Crippen molar-refractivity contribution in [2.24, 2.45) is 0 Å². The first-order valence-electron chi connectivity index (χ1n) is 18.3. The van der Waals surface area contributed by atoms with Crippen molar-refractivity contribution in [1.29, 1.82) is 10.5 Å². The van der Waals surface area contributed by atoms with Crippen molar-refractivity contribution in [2.75, 3.05) is 0 Å². The van der Waals surface area contributed by atoms with Crippen LogP contribution in [0.3, 0.4) is 0 Å². The maximum atomic E-state index is 13.8. The van der Waals surface area contributed by atoms with Gasteiger partial charge in [-0.25, -0.2) is 0 Å². The Hall–Kier alpha value is -7.09. The lowest BCUT2D eigenvalue weighted by Crippen LogP contribution is -2.06. The average molecular weight is 735 g/mol. The van der Waals surface area contributed by atoms with Crippen LogP contribution in [0, 0.1) is 50.4 Å². The smallest absolute Gasteiger partial charge is 0.309 e. The molecular formula is C49H33F3N4. The summed E-state index contributed by atoms with van der Waals surface area (Å²) >= 11 is 0. The van der Waals surface area contributed by atoms with Crippen LogP contribution in [-0.4, -0.2) is 9.13 Å². The van der Waals surface area contributed by atoms with Crippen molar-refractivity contribution in [3.05, 3.63) is 166 Å². The van der Waals surface area contributed by atoms with E-state index in [2.05, 4.69) is 116 Å². The SMILES string of the molecule is Cc1ccc2c(c1)c1cc(C)ccc1n2-c1ccc(-c2ccc(C(F)(F)F)cc2C#N)cc1-c1c(C#N)cccc1-n1c2ccc(C)cc2c2cc(C)ccc21. The monoisotopic (exact) mass is 734 g/mol. The molecule has 270 valence electrons. The standard InChI is InChI=1S/C49H33F3N4/c1-28-8-15-42-37(20-28)38-21-29(2)9-16-43(38)55(42)46-19-12-32(36-14-13-35(49(50,51)52)24-34(36)27-54)25-41(46)48-33(26-53)6-5-7-47(48)56-44-17-10-30(3)22-39(44)40-23-31(4)11-18-45(40)56/h5-25H,1-4H3. The van der Waals surface area contributed by atoms with Gasteiger partial charge in [0.25, 0.3) is 0 Å². The fourth-order valence-electron chi connectivity index (χ4n) is 8.29. The minimum Gasteiger partial charge on any atom is -0.309 e. The summed E-state index contributed by atoms with van der Waals surface area (Å²) in [6.07, 6.45) is -4.60. The number of aryl methyl sites for hydroxylation is 4. The maximum Gasteiger partial charge on any atom is 0.416 e. The van der Waals surface area contributed by atoms with E-state index >= 15 is 0 Å². The highest BCUT2D eigenvalue weighted by Gasteiger charge is 2.31. The van der Waals surface area contributed by atoms with E-state index in [1.165, 1.54) is 6.07 Å². The number of benzene rings is 7. The number of hydrogen-bond acceptors (Lipinski definition) is 2. The van der Waals surface area contributed by atoms with Crippen molar-refractivity contribution in [1.82, 2.24) is 9.13 Å². The highest BCUT2D eigenvalue weighted by molar-refractivity contribution is 6.12. The van der Waals surface area contributed by atoms with Gasteiger partial charge in [-0.2, -0.15) is 23.7 Å². The largest absolute Gasteiger partial charge is 0.416 e. The van der Waals surface area contributed by atoms with Crippen LogP contribution in [-0.2, 0) is 6.18 Å². The first kappa shape index (κ1) is 34.7. The van der Waals surface area contributed by atoms with E-state index in [0.29, 0.717) is 27.8 Å². The molecule has 56 heavy (non-hydrogen) atoms. The molecule has 0 atom stereocenters. The molecule has 9 aromatic rings. The molecule has 0 spiro atoms. The molecule has 0 aliphatic heterocycles. The lowest BCUT2D eigenvalue weighted by Gasteiger charge is -2.21. The molecule has 2 aromatic heterocycles. The van der Waals surface area contributed by atoms with Gasteiger partial charge in [-0.05, 0) is 124 Å². The van der Waals surface area contributed by atoms with Gasteiger partial charge in [0.05, 0.1) is 62.3 Å². The summed E-state index contributed by atoms with van der Waals surface area (Å²) in [7, 11) is 0. The minimum atomic E-state index is -4.60. The van der Waals surface area contributed by atoms with Gasteiger partial charge in [0, 0.05) is 32.7 Å². The van der Waals surface area contributed by atoms with E-state index in [9.17, 15) is 23.7 Å². The normalized spacial score (nSPS) is 11.8. The minimum absolute atomic E-state index is 0.0942. The quantitative estimate of drug-likeness (QED) is 0.181. The summed E-state index contributed by atoms with van der Waals surface area (Å²) in [5.74, 6) is 0. The van der Waals surface area contributed by atoms with Crippen LogP contribution in [0.5, 0.6) is 0 Å². The molecule has 4 nitrogen and oxygen atoms in total. The number of nitriles is 2. The number of nitrogens with zero attached hydrogens (tertiary/aromatic N) is 4. The van der Waals surface area contributed by atoms with Gasteiger partial charge in [-0.3, -0.25) is 0 Å².